The number of amides is 8. The quantitative estimate of drug-likeness (QED) is 0.0126. The van der Waals surface area contributed by atoms with Crippen LogP contribution in [0.25, 0.3) is 0 Å². The Bertz CT molecular complexity index is 1780. The van der Waals surface area contributed by atoms with Crippen molar-refractivity contribution in [3.05, 3.63) is 11.8 Å². The van der Waals surface area contributed by atoms with Gasteiger partial charge in [-0.15, -0.1) is 0 Å². The summed E-state index contributed by atoms with van der Waals surface area (Å²) in [6.07, 6.45) is 1.14. The Morgan fingerprint density at radius 2 is 1.33 bits per heavy atom. The number of likely N-dealkylation sites (tertiary alicyclic amines) is 1. The summed E-state index contributed by atoms with van der Waals surface area (Å²) in [6, 6.07) is -9.25. The van der Waals surface area contributed by atoms with Gasteiger partial charge in [0.2, 0.25) is 47.3 Å². The number of carbonyl (C=O) groups is 9. The predicted molar refractivity (Wildman–Crippen MR) is 251 cm³/mol. The second-order valence-corrected chi connectivity index (χ2v) is 16.4. The highest BCUT2D eigenvalue weighted by atomic mass is 16.4. The number of nitrogens with zero attached hydrogens (tertiary/aromatic N) is 2. The predicted octanol–water partition coefficient (Wildman–Crippen LogP) is -7.69. The number of nitrogens with two attached hydrogens (primary N) is 7. The molecule has 1 rings (SSSR count). The molecule has 1 aliphatic heterocycles. The Labute approximate surface area is 400 Å². The lowest BCUT2D eigenvalue weighted by atomic mass is 10.1. The number of hydrogen-bond acceptors (Lipinski definition) is 17. The molecule has 0 aliphatic carbocycles. The normalized spacial score (nSPS) is 17.0. The van der Waals surface area contributed by atoms with Crippen molar-refractivity contribution < 1.29 is 58.5 Å². The van der Waals surface area contributed by atoms with Crippen LogP contribution in [0.1, 0.15) is 84.5 Å². The number of guanidine groups is 1. The Morgan fingerprint density at radius 3 is 1.91 bits per heavy atom. The van der Waals surface area contributed by atoms with E-state index in [1.807, 2.05) is 0 Å². The first-order valence-corrected chi connectivity index (χ1v) is 22.9. The number of rotatable bonds is 33. The van der Waals surface area contributed by atoms with Crippen molar-refractivity contribution in [1.82, 2.24) is 42.1 Å². The van der Waals surface area contributed by atoms with Gasteiger partial charge in [-0.1, -0.05) is 12.5 Å². The van der Waals surface area contributed by atoms with Crippen LogP contribution >= 0.6 is 0 Å². The molecule has 0 spiro atoms. The first-order valence-electron chi connectivity index (χ1n) is 22.9. The second-order valence-electron chi connectivity index (χ2n) is 16.4. The van der Waals surface area contributed by atoms with Crippen molar-refractivity contribution in [1.29, 1.82) is 0 Å². The van der Waals surface area contributed by atoms with Gasteiger partial charge in [0, 0.05) is 19.6 Å². The van der Waals surface area contributed by atoms with Crippen molar-refractivity contribution in [2.75, 3.05) is 45.8 Å². The van der Waals surface area contributed by atoms with E-state index < -0.39 is 127 Å². The number of aliphatic imine (C=N–C) groups is 1. The molecule has 8 amide bonds. The maximum absolute atomic E-state index is 14.0. The molecular formula is C41H76N16O12. The van der Waals surface area contributed by atoms with E-state index in [1.54, 1.807) is 0 Å². The molecule has 0 aromatic heterocycles. The third-order valence-electron chi connectivity index (χ3n) is 10.8. The molecule has 0 aromatic rings. The number of hydrogen-bond donors (Lipinski definition) is 17. The third-order valence-corrected chi connectivity index (χ3v) is 10.8. The summed E-state index contributed by atoms with van der Waals surface area (Å²) < 4.78 is 0. The Kier molecular flexibility index (Phi) is 28.9. The van der Waals surface area contributed by atoms with Gasteiger partial charge in [0.25, 0.3) is 0 Å². The zero-order valence-electron chi connectivity index (χ0n) is 39.5. The van der Waals surface area contributed by atoms with Gasteiger partial charge in [0.15, 0.2) is 5.96 Å². The van der Waals surface area contributed by atoms with Gasteiger partial charge < -0.3 is 97.6 Å². The average Bonchev–Trinajstić information content (AvgIpc) is 3.80. The van der Waals surface area contributed by atoms with Crippen LogP contribution < -0.4 is 77.4 Å². The number of aliphatic hydroxyl groups is 2. The van der Waals surface area contributed by atoms with Crippen LogP contribution in [-0.4, -0.2) is 180 Å². The van der Waals surface area contributed by atoms with E-state index in [1.165, 1.54) is 24.8 Å². The van der Waals surface area contributed by atoms with Gasteiger partial charge in [-0.05, 0) is 97.7 Å². The van der Waals surface area contributed by atoms with E-state index >= 15 is 0 Å². The Hall–Kier alpha value is -6.04. The van der Waals surface area contributed by atoms with Crippen LogP contribution in [0.4, 0.5) is 0 Å². The van der Waals surface area contributed by atoms with E-state index in [0.29, 0.717) is 38.6 Å². The van der Waals surface area contributed by atoms with E-state index in [4.69, 9.17) is 40.1 Å². The highest BCUT2D eigenvalue weighted by Crippen LogP contribution is 2.20. The minimum atomic E-state index is -1.65. The van der Waals surface area contributed by atoms with Crippen molar-refractivity contribution in [3.8, 4) is 0 Å². The summed E-state index contributed by atoms with van der Waals surface area (Å²) in [7, 11) is 0. The second kappa shape index (κ2) is 32.7. The summed E-state index contributed by atoms with van der Waals surface area (Å²) in [5.41, 5.74) is 38.3. The standard InChI is InChI=1S/C41H76N16O12/c1-22(51-38(66)32(29(59)20-45)56-34(62)24(46)10-3-5-15-42)33(61)50-21-30(60)52-26(12-7-17-44)39(67)57-19-9-14-28(57)36(64)55-31(23(2)58)37(65)53-25(11-4-6-16-43)35(63)54-27(40(68)69)13-8-18-49-41(47)48/h13,22-26,28-29,31-32,58-59H,3-12,14-21,42-46H2,1-2H3,(H,50,61)(H,51,66)(H,52,60)(H,53,65)(H,54,63)(H,55,64)(H,56,62)(H,68,69)(H4,47,48,49)/b27-13-/t22-,23+,24-,25-,26+,28-,29?,31-,32-/m0/s1. The summed E-state index contributed by atoms with van der Waals surface area (Å²) >= 11 is 0. The highest BCUT2D eigenvalue weighted by Gasteiger charge is 2.40. The molecule has 0 radical (unpaired) electrons. The summed E-state index contributed by atoms with van der Waals surface area (Å²) in [5, 5.41) is 47.5. The molecule has 1 aliphatic rings. The monoisotopic (exact) mass is 985 g/mol. The molecule has 1 heterocycles. The number of nitrogens with one attached hydrogen (secondary N) is 7. The number of carboxylic acid groups (broad SMARTS) is 1. The topological polar surface area (TPSA) is 496 Å². The molecule has 28 heteroatoms. The van der Waals surface area contributed by atoms with Gasteiger partial charge in [0.05, 0.1) is 24.8 Å². The largest absolute Gasteiger partial charge is 0.477 e. The average molecular weight is 985 g/mol. The van der Waals surface area contributed by atoms with Crippen molar-refractivity contribution in [3.63, 3.8) is 0 Å². The first-order chi connectivity index (χ1) is 32.6. The first kappa shape index (κ1) is 61.0. The van der Waals surface area contributed by atoms with Crippen LogP contribution in [0.15, 0.2) is 16.8 Å². The fourth-order valence-electron chi connectivity index (χ4n) is 6.88. The van der Waals surface area contributed by atoms with Crippen LogP contribution in [0, 0.1) is 0 Å². The Morgan fingerprint density at radius 1 is 0.725 bits per heavy atom. The lowest BCUT2D eigenvalue weighted by Gasteiger charge is -2.31. The fourth-order valence-corrected chi connectivity index (χ4v) is 6.88. The molecule has 0 aromatic carbocycles. The van der Waals surface area contributed by atoms with Gasteiger partial charge in [-0.25, -0.2) is 4.79 Å². The minimum absolute atomic E-state index is 0.00448. The van der Waals surface area contributed by atoms with Crippen LogP contribution in [0.5, 0.6) is 0 Å². The molecule has 1 saturated heterocycles. The smallest absolute Gasteiger partial charge is 0.352 e. The maximum Gasteiger partial charge on any atom is 0.352 e. The van der Waals surface area contributed by atoms with Gasteiger partial charge >= 0.3 is 5.97 Å². The molecule has 24 N–H and O–H groups in total. The van der Waals surface area contributed by atoms with E-state index in [0.717, 1.165) is 0 Å². The van der Waals surface area contributed by atoms with Crippen molar-refractivity contribution in [2.45, 2.75) is 139 Å². The van der Waals surface area contributed by atoms with Gasteiger partial charge in [0.1, 0.15) is 41.9 Å². The van der Waals surface area contributed by atoms with Crippen LogP contribution in [0.3, 0.4) is 0 Å². The lowest BCUT2D eigenvalue weighted by molar-refractivity contribution is -0.143. The molecule has 0 saturated carbocycles. The van der Waals surface area contributed by atoms with Crippen LogP contribution in [0.2, 0.25) is 0 Å². The summed E-state index contributed by atoms with van der Waals surface area (Å²) in [4.78, 5) is 123. The SMILES string of the molecule is C[C@H](NC(=O)[C@@H](NC(=O)[C@@H](N)CCCCN)C(O)CN)C(=O)NCC(=O)N[C@H](CCCN)C(=O)N1CCC[C@H]1C(=O)N[C@H](C(=O)N[C@@H](CCCCN)C(=O)N/C(=C\CCN=C(N)N)C(=O)O)[C@@H](C)O. The van der Waals surface area contributed by atoms with E-state index in [-0.39, 0.29) is 70.7 Å². The minimum Gasteiger partial charge on any atom is -0.477 e. The van der Waals surface area contributed by atoms with Crippen molar-refractivity contribution >= 4 is 59.2 Å². The zero-order valence-corrected chi connectivity index (χ0v) is 39.5. The fraction of sp³-hybridized carbons (Fsp3) is 0.707. The number of carboxylic acids is 1. The lowest BCUT2D eigenvalue weighted by Crippen LogP contribution is -2.61. The third kappa shape index (κ3) is 22.3. The number of aliphatic hydroxyl groups excluding tert-OH is 2. The molecule has 1 fully saturated rings. The number of carbonyl (C=O) groups excluding carboxylic acids is 8. The van der Waals surface area contributed by atoms with Gasteiger partial charge in [-0.3, -0.25) is 43.3 Å². The maximum atomic E-state index is 14.0. The molecule has 9 atom stereocenters. The molecule has 0 bridgehead atoms. The Balaban J connectivity index is 3.08. The highest BCUT2D eigenvalue weighted by molar-refractivity contribution is 5.99. The van der Waals surface area contributed by atoms with Crippen molar-refractivity contribution in [2.24, 2.45) is 45.1 Å². The summed E-state index contributed by atoms with van der Waals surface area (Å²) in [6.45, 7) is 2.29. The molecule has 69 heavy (non-hydrogen) atoms. The molecule has 1 unspecified atom stereocenters. The number of unbranched alkanes of at least 4 members (excludes halogenated alkanes) is 2. The molecule has 28 nitrogen and oxygen atoms in total. The molecule has 392 valence electrons. The van der Waals surface area contributed by atoms with E-state index in [2.05, 4.69) is 42.2 Å². The zero-order chi connectivity index (χ0) is 52.2. The summed E-state index contributed by atoms with van der Waals surface area (Å²) in [5.74, 6) is -8.46. The van der Waals surface area contributed by atoms with Gasteiger partial charge in [-0.2, -0.15) is 0 Å². The van der Waals surface area contributed by atoms with Crippen LogP contribution in [-0.2, 0) is 43.2 Å². The number of aliphatic carboxylic acids is 1. The van der Waals surface area contributed by atoms with E-state index in [9.17, 15) is 58.5 Å². The molecular weight excluding hydrogens is 909 g/mol.